The summed E-state index contributed by atoms with van der Waals surface area (Å²) in [5.74, 6) is 5.30. The first-order valence-corrected chi connectivity index (χ1v) is 11.0. The number of benzene rings is 1. The van der Waals surface area contributed by atoms with E-state index in [1.807, 2.05) is 0 Å². The average Bonchev–Trinajstić information content (AvgIpc) is 2.65. The summed E-state index contributed by atoms with van der Waals surface area (Å²) in [7, 11) is -3.46. The highest BCUT2D eigenvalue weighted by Gasteiger charge is 2.21. The molecule has 2 rings (SSSR count). The molecule has 27 heavy (non-hydrogen) atoms. The van der Waals surface area contributed by atoms with E-state index in [2.05, 4.69) is 65.0 Å². The topological polar surface area (TPSA) is 52.7 Å². The van der Waals surface area contributed by atoms with Gasteiger partial charge in [-0.3, -0.25) is 4.90 Å². The number of sulfonamides is 1. The number of piperazine rings is 1. The molecule has 1 unspecified atom stereocenters. The molecule has 1 heterocycles. The lowest BCUT2D eigenvalue weighted by atomic mass is 10.1. The molecule has 1 N–H and O–H groups in total. The summed E-state index contributed by atoms with van der Waals surface area (Å²) < 4.78 is 27.0. The summed E-state index contributed by atoms with van der Waals surface area (Å²) in [6.07, 6.45) is 2.15. The van der Waals surface area contributed by atoms with Gasteiger partial charge >= 0.3 is 0 Å². The molecule has 5 nitrogen and oxygen atoms in total. The molecule has 0 amide bonds. The summed E-state index contributed by atoms with van der Waals surface area (Å²) in [5.41, 5.74) is 3.93. The lowest BCUT2D eigenvalue weighted by Gasteiger charge is -2.37. The van der Waals surface area contributed by atoms with Crippen molar-refractivity contribution in [2.45, 2.75) is 32.4 Å². The Morgan fingerprint density at radius 1 is 1.26 bits per heavy atom. The summed E-state index contributed by atoms with van der Waals surface area (Å²) in [5, 5.41) is -0.844. The highest BCUT2D eigenvalue weighted by molar-refractivity contribution is 7.90. The molecule has 0 radical (unpaired) electrons. The molecule has 6 heteroatoms. The Hall–Kier alpha value is -1.81. The highest BCUT2D eigenvalue weighted by atomic mass is 32.2. The Balaban J connectivity index is 1.76. The first kappa shape index (κ1) is 21.5. The minimum atomic E-state index is -3.46. The quantitative estimate of drug-likeness (QED) is 0.421. The van der Waals surface area contributed by atoms with E-state index >= 15 is 0 Å². The Morgan fingerprint density at radius 3 is 2.59 bits per heavy atom. The van der Waals surface area contributed by atoms with Gasteiger partial charge in [0.1, 0.15) is 0 Å². The van der Waals surface area contributed by atoms with Gasteiger partial charge < -0.3 is 4.90 Å². The predicted molar refractivity (Wildman–Crippen MR) is 114 cm³/mol. The third-order valence-corrected chi connectivity index (χ3v) is 6.45. The van der Waals surface area contributed by atoms with Crippen molar-refractivity contribution in [1.82, 2.24) is 9.62 Å². The zero-order valence-electron chi connectivity index (χ0n) is 16.7. The van der Waals surface area contributed by atoms with Crippen molar-refractivity contribution in [3.8, 4) is 11.8 Å². The van der Waals surface area contributed by atoms with Gasteiger partial charge in [-0.05, 0) is 50.9 Å². The number of aryl methyl sites for hydroxylation is 2. The lowest BCUT2D eigenvalue weighted by molar-refractivity contribution is 0.255. The van der Waals surface area contributed by atoms with Crippen LogP contribution in [-0.2, 0) is 10.0 Å². The van der Waals surface area contributed by atoms with Crippen LogP contribution in [0.5, 0.6) is 0 Å². The SMILES string of the molecule is C=CC(C#CC)S(=O)(=O)NCCCN1CCN(c2cc(C)ccc2C)CC1. The predicted octanol–water partition coefficient (Wildman–Crippen LogP) is 2.31. The molecule has 1 saturated heterocycles. The summed E-state index contributed by atoms with van der Waals surface area (Å²) in [6, 6.07) is 6.59. The van der Waals surface area contributed by atoms with Crippen LogP contribution in [-0.4, -0.2) is 57.8 Å². The monoisotopic (exact) mass is 389 g/mol. The molecule has 1 aliphatic heterocycles. The minimum absolute atomic E-state index is 0.426. The van der Waals surface area contributed by atoms with Gasteiger partial charge in [0, 0.05) is 38.4 Å². The number of nitrogens with zero attached hydrogens (tertiary/aromatic N) is 2. The van der Waals surface area contributed by atoms with Crippen molar-refractivity contribution in [2.75, 3.05) is 44.2 Å². The van der Waals surface area contributed by atoms with E-state index in [9.17, 15) is 8.42 Å². The third-order valence-electron chi connectivity index (χ3n) is 4.87. The maximum atomic E-state index is 12.2. The van der Waals surface area contributed by atoms with Crippen molar-refractivity contribution in [3.05, 3.63) is 42.0 Å². The molecule has 0 spiro atoms. The third kappa shape index (κ3) is 6.10. The Labute approximate surface area is 164 Å². The van der Waals surface area contributed by atoms with Gasteiger partial charge in [-0.15, -0.1) is 12.5 Å². The van der Waals surface area contributed by atoms with E-state index in [0.29, 0.717) is 6.54 Å². The molecule has 1 aromatic rings. The maximum absolute atomic E-state index is 12.2. The van der Waals surface area contributed by atoms with Gasteiger partial charge in [-0.25, -0.2) is 13.1 Å². The largest absolute Gasteiger partial charge is 0.369 e. The maximum Gasteiger partial charge on any atom is 0.229 e. The number of hydrogen-bond donors (Lipinski definition) is 1. The van der Waals surface area contributed by atoms with E-state index in [-0.39, 0.29) is 0 Å². The smallest absolute Gasteiger partial charge is 0.229 e. The fraction of sp³-hybridized carbons (Fsp3) is 0.524. The minimum Gasteiger partial charge on any atom is -0.369 e. The fourth-order valence-electron chi connectivity index (χ4n) is 3.28. The van der Waals surface area contributed by atoms with Crippen LogP contribution in [0.1, 0.15) is 24.5 Å². The van der Waals surface area contributed by atoms with Crippen LogP contribution >= 0.6 is 0 Å². The number of anilines is 1. The zero-order valence-corrected chi connectivity index (χ0v) is 17.5. The van der Waals surface area contributed by atoms with E-state index < -0.39 is 15.3 Å². The lowest BCUT2D eigenvalue weighted by Crippen LogP contribution is -2.47. The molecule has 0 aliphatic carbocycles. The van der Waals surface area contributed by atoms with Crippen molar-refractivity contribution >= 4 is 15.7 Å². The molecule has 0 saturated carbocycles. The van der Waals surface area contributed by atoms with Crippen LogP contribution in [0.15, 0.2) is 30.9 Å². The number of rotatable bonds is 8. The molecule has 1 atom stereocenters. The molecule has 148 valence electrons. The molecular formula is C21H31N3O2S. The van der Waals surface area contributed by atoms with Gasteiger partial charge in [0.2, 0.25) is 10.0 Å². The van der Waals surface area contributed by atoms with Crippen molar-refractivity contribution in [3.63, 3.8) is 0 Å². The van der Waals surface area contributed by atoms with Crippen LogP contribution < -0.4 is 9.62 Å². The standard InChI is InChI=1S/C21H31N3O2S/c1-5-8-20(6-2)27(25,26)22-11-7-12-23-13-15-24(16-14-23)21-17-18(3)9-10-19(21)4/h6,9-10,17,20,22H,2,7,11-16H2,1,3-4H3. The first-order chi connectivity index (χ1) is 12.9. The van der Waals surface area contributed by atoms with E-state index in [1.165, 1.54) is 22.9 Å². The summed E-state index contributed by atoms with van der Waals surface area (Å²) in [6.45, 7) is 14.8. The van der Waals surface area contributed by atoms with E-state index in [4.69, 9.17) is 0 Å². The second kappa shape index (κ2) is 9.93. The summed E-state index contributed by atoms with van der Waals surface area (Å²) in [4.78, 5) is 4.84. The van der Waals surface area contributed by atoms with Gasteiger partial charge in [-0.2, -0.15) is 0 Å². The molecule has 1 aliphatic rings. The molecule has 1 fully saturated rings. The van der Waals surface area contributed by atoms with Gasteiger partial charge in [0.25, 0.3) is 0 Å². The van der Waals surface area contributed by atoms with Crippen LogP contribution in [0.25, 0.3) is 0 Å². The average molecular weight is 390 g/mol. The number of nitrogens with one attached hydrogen (secondary N) is 1. The van der Waals surface area contributed by atoms with Crippen molar-refractivity contribution in [2.24, 2.45) is 0 Å². The van der Waals surface area contributed by atoms with Gasteiger partial charge in [-0.1, -0.05) is 24.1 Å². The molecule has 0 aromatic heterocycles. The Bertz CT molecular complexity index is 800. The Morgan fingerprint density at radius 2 is 1.96 bits per heavy atom. The van der Waals surface area contributed by atoms with Crippen LogP contribution in [0.3, 0.4) is 0 Å². The van der Waals surface area contributed by atoms with Crippen LogP contribution in [0.4, 0.5) is 5.69 Å². The summed E-state index contributed by atoms with van der Waals surface area (Å²) >= 11 is 0. The highest BCUT2D eigenvalue weighted by Crippen LogP contribution is 2.22. The molecule has 0 bridgehead atoms. The molecular weight excluding hydrogens is 358 g/mol. The Kier molecular flexibility index (Phi) is 7.91. The van der Waals surface area contributed by atoms with Gasteiger partial charge in [0.15, 0.2) is 5.25 Å². The normalized spacial score (nSPS) is 16.5. The first-order valence-electron chi connectivity index (χ1n) is 9.45. The van der Waals surface area contributed by atoms with E-state index in [0.717, 1.165) is 39.1 Å². The van der Waals surface area contributed by atoms with Crippen molar-refractivity contribution in [1.29, 1.82) is 0 Å². The zero-order chi connectivity index (χ0) is 19.9. The second-order valence-electron chi connectivity index (χ2n) is 6.96. The van der Waals surface area contributed by atoms with Crippen LogP contribution in [0.2, 0.25) is 0 Å². The van der Waals surface area contributed by atoms with Gasteiger partial charge in [0.05, 0.1) is 0 Å². The number of hydrogen-bond acceptors (Lipinski definition) is 4. The van der Waals surface area contributed by atoms with E-state index in [1.54, 1.807) is 6.92 Å². The van der Waals surface area contributed by atoms with Crippen LogP contribution in [0, 0.1) is 25.7 Å². The van der Waals surface area contributed by atoms with Crippen molar-refractivity contribution < 1.29 is 8.42 Å². The fourth-order valence-corrected chi connectivity index (χ4v) is 4.42. The molecule has 1 aromatic carbocycles. The second-order valence-corrected chi connectivity index (χ2v) is 8.85.